The van der Waals surface area contributed by atoms with Crippen LogP contribution in [0.5, 0.6) is 0 Å². The monoisotopic (exact) mass is 295 g/mol. The first kappa shape index (κ1) is 15.8. The van der Waals surface area contributed by atoms with Crippen molar-refractivity contribution in [2.45, 2.75) is 65.4 Å². The SMILES string of the molecule is CC1OCc2[nH]c(C(C)(C)N(C)C(=O)OC(C)(C)C)nc21. The predicted octanol–water partition coefficient (Wildman–Crippen LogP) is 3.10. The van der Waals surface area contributed by atoms with Crippen molar-refractivity contribution in [3.8, 4) is 0 Å². The number of rotatable bonds is 2. The van der Waals surface area contributed by atoms with Gasteiger partial charge in [-0.3, -0.25) is 4.90 Å². The highest BCUT2D eigenvalue weighted by Gasteiger charge is 2.37. The highest BCUT2D eigenvalue weighted by Crippen LogP contribution is 2.33. The zero-order valence-corrected chi connectivity index (χ0v) is 13.9. The molecule has 1 amide bonds. The predicted molar refractivity (Wildman–Crippen MR) is 78.8 cm³/mol. The van der Waals surface area contributed by atoms with Crippen molar-refractivity contribution < 1.29 is 14.3 Å². The number of imidazole rings is 1. The minimum Gasteiger partial charge on any atom is -0.444 e. The first-order chi connectivity index (χ1) is 9.52. The molecule has 0 saturated heterocycles. The molecule has 1 atom stereocenters. The van der Waals surface area contributed by atoms with E-state index in [0.717, 1.165) is 17.2 Å². The standard InChI is InChI=1S/C15H25N3O3/c1-9-11-10(8-20-9)16-12(17-11)15(5,6)18(7)13(19)21-14(2,3)4/h9H,8H2,1-7H3,(H,16,17). The number of nitrogens with one attached hydrogen (secondary N) is 1. The molecule has 0 saturated carbocycles. The third-order valence-electron chi connectivity index (χ3n) is 3.76. The maximum absolute atomic E-state index is 12.3. The van der Waals surface area contributed by atoms with Gasteiger partial charge < -0.3 is 14.5 Å². The number of aromatic nitrogens is 2. The largest absolute Gasteiger partial charge is 0.444 e. The molecule has 6 heteroatoms. The van der Waals surface area contributed by atoms with E-state index in [1.807, 2.05) is 41.5 Å². The summed E-state index contributed by atoms with van der Waals surface area (Å²) in [6.07, 6.45) is -0.374. The van der Waals surface area contributed by atoms with Crippen LogP contribution in [0.15, 0.2) is 0 Å². The Balaban J connectivity index is 2.21. The number of aromatic amines is 1. The van der Waals surface area contributed by atoms with Gasteiger partial charge in [0.25, 0.3) is 0 Å². The number of carbonyl (C=O) groups is 1. The van der Waals surface area contributed by atoms with Gasteiger partial charge in [0.2, 0.25) is 0 Å². The molecule has 0 aromatic carbocycles. The average Bonchev–Trinajstić information content (AvgIpc) is 2.89. The summed E-state index contributed by atoms with van der Waals surface area (Å²) >= 11 is 0. The summed E-state index contributed by atoms with van der Waals surface area (Å²) in [5.74, 6) is 0.746. The van der Waals surface area contributed by atoms with Crippen molar-refractivity contribution in [2.24, 2.45) is 0 Å². The fourth-order valence-corrected chi connectivity index (χ4v) is 2.16. The minimum atomic E-state index is -0.591. The first-order valence-corrected chi connectivity index (χ1v) is 7.20. The second kappa shape index (κ2) is 5.02. The molecule has 0 aliphatic carbocycles. The van der Waals surface area contributed by atoms with E-state index in [1.165, 1.54) is 0 Å². The minimum absolute atomic E-state index is 0.00682. The van der Waals surface area contributed by atoms with Crippen molar-refractivity contribution in [3.63, 3.8) is 0 Å². The first-order valence-electron chi connectivity index (χ1n) is 7.20. The van der Waals surface area contributed by atoms with Gasteiger partial charge in [0.1, 0.15) is 11.4 Å². The van der Waals surface area contributed by atoms with Crippen LogP contribution in [0.1, 0.15) is 64.9 Å². The van der Waals surface area contributed by atoms with Crippen LogP contribution in [0.2, 0.25) is 0 Å². The molecule has 6 nitrogen and oxygen atoms in total. The van der Waals surface area contributed by atoms with Gasteiger partial charge in [-0.15, -0.1) is 0 Å². The lowest BCUT2D eigenvalue weighted by molar-refractivity contribution is 0.00876. The second-order valence-electron chi connectivity index (χ2n) is 7.00. The number of H-pyrrole nitrogens is 1. The Hall–Kier alpha value is -1.56. The van der Waals surface area contributed by atoms with Crippen molar-refractivity contribution >= 4 is 6.09 Å². The fourth-order valence-electron chi connectivity index (χ4n) is 2.16. The summed E-state index contributed by atoms with van der Waals surface area (Å²) in [6.45, 7) is 12.0. The van der Waals surface area contributed by atoms with Crippen molar-refractivity contribution in [3.05, 3.63) is 17.2 Å². The van der Waals surface area contributed by atoms with Crippen LogP contribution in [0, 0.1) is 0 Å². The maximum atomic E-state index is 12.3. The molecule has 1 aromatic rings. The molecule has 1 aliphatic heterocycles. The summed E-state index contributed by atoms with van der Waals surface area (Å²) in [6, 6.07) is 0. The zero-order valence-electron chi connectivity index (χ0n) is 13.9. The molecule has 1 unspecified atom stereocenters. The van der Waals surface area contributed by atoms with Crippen LogP contribution in [-0.4, -0.2) is 33.6 Å². The molecule has 0 spiro atoms. The molecule has 0 bridgehead atoms. The number of hydrogen-bond acceptors (Lipinski definition) is 4. The van der Waals surface area contributed by atoms with E-state index in [0.29, 0.717) is 6.61 Å². The lowest BCUT2D eigenvalue weighted by atomic mass is 10.0. The summed E-state index contributed by atoms with van der Waals surface area (Å²) in [5.41, 5.74) is 0.806. The van der Waals surface area contributed by atoms with Crippen LogP contribution >= 0.6 is 0 Å². The fraction of sp³-hybridized carbons (Fsp3) is 0.733. The van der Waals surface area contributed by atoms with Gasteiger partial charge in [-0.1, -0.05) is 0 Å². The number of hydrogen-bond donors (Lipinski definition) is 1. The number of amides is 1. The molecule has 0 fully saturated rings. The Labute approximate surface area is 125 Å². The number of ether oxygens (including phenoxy) is 2. The van der Waals surface area contributed by atoms with Gasteiger partial charge in [-0.25, -0.2) is 9.78 Å². The quantitative estimate of drug-likeness (QED) is 0.910. The normalized spacial score (nSPS) is 18.5. The molecule has 2 rings (SSSR count). The molecule has 1 N–H and O–H groups in total. The molecule has 21 heavy (non-hydrogen) atoms. The molecule has 118 valence electrons. The Morgan fingerprint density at radius 3 is 2.52 bits per heavy atom. The highest BCUT2D eigenvalue weighted by atomic mass is 16.6. The number of fused-ring (bicyclic) bond motifs is 1. The number of nitrogens with zero attached hydrogens (tertiary/aromatic N) is 2. The molecule has 2 heterocycles. The Morgan fingerprint density at radius 1 is 1.38 bits per heavy atom. The Bertz CT molecular complexity index is 543. The molecule has 1 aliphatic rings. The molecular weight excluding hydrogens is 270 g/mol. The molecular formula is C15H25N3O3. The maximum Gasteiger partial charge on any atom is 0.410 e. The topological polar surface area (TPSA) is 67.5 Å². The van der Waals surface area contributed by atoms with Crippen LogP contribution in [-0.2, 0) is 21.6 Å². The van der Waals surface area contributed by atoms with Crippen molar-refractivity contribution in [1.29, 1.82) is 0 Å². The highest BCUT2D eigenvalue weighted by molar-refractivity contribution is 5.68. The summed E-state index contributed by atoms with van der Waals surface area (Å²) in [5, 5.41) is 0. The van der Waals surface area contributed by atoms with Crippen LogP contribution in [0.4, 0.5) is 4.79 Å². The van der Waals surface area contributed by atoms with Gasteiger partial charge >= 0.3 is 6.09 Å². The van der Waals surface area contributed by atoms with E-state index in [2.05, 4.69) is 9.97 Å². The van der Waals surface area contributed by atoms with E-state index in [-0.39, 0.29) is 12.2 Å². The van der Waals surface area contributed by atoms with Gasteiger partial charge in [0.05, 0.1) is 29.6 Å². The lowest BCUT2D eigenvalue weighted by Crippen LogP contribution is -2.46. The van der Waals surface area contributed by atoms with E-state index >= 15 is 0 Å². The molecule has 1 aromatic heterocycles. The van der Waals surface area contributed by atoms with E-state index < -0.39 is 11.1 Å². The van der Waals surface area contributed by atoms with Gasteiger partial charge in [-0.2, -0.15) is 0 Å². The summed E-state index contributed by atoms with van der Waals surface area (Å²) in [4.78, 5) is 21.7. The third-order valence-corrected chi connectivity index (χ3v) is 3.76. The smallest absolute Gasteiger partial charge is 0.410 e. The number of carbonyl (C=O) groups excluding carboxylic acids is 1. The molecule has 0 radical (unpaired) electrons. The van der Waals surface area contributed by atoms with Gasteiger partial charge in [0, 0.05) is 7.05 Å². The summed E-state index contributed by atoms with van der Waals surface area (Å²) < 4.78 is 10.9. The van der Waals surface area contributed by atoms with E-state index in [4.69, 9.17) is 9.47 Å². The third kappa shape index (κ3) is 3.05. The van der Waals surface area contributed by atoms with Crippen molar-refractivity contribution in [1.82, 2.24) is 14.9 Å². The Kier molecular flexibility index (Phi) is 3.78. The average molecular weight is 295 g/mol. The van der Waals surface area contributed by atoms with Gasteiger partial charge in [-0.05, 0) is 41.5 Å². The van der Waals surface area contributed by atoms with Gasteiger partial charge in [0.15, 0.2) is 0 Å². The lowest BCUT2D eigenvalue weighted by Gasteiger charge is -2.35. The van der Waals surface area contributed by atoms with Crippen molar-refractivity contribution in [2.75, 3.05) is 7.05 Å². The zero-order chi connectivity index (χ0) is 16.0. The van der Waals surface area contributed by atoms with E-state index in [1.54, 1.807) is 11.9 Å². The summed E-state index contributed by atoms with van der Waals surface area (Å²) in [7, 11) is 1.72. The van der Waals surface area contributed by atoms with Crippen LogP contribution in [0.3, 0.4) is 0 Å². The Morgan fingerprint density at radius 2 is 2.00 bits per heavy atom. The van der Waals surface area contributed by atoms with Crippen LogP contribution in [0.25, 0.3) is 0 Å². The van der Waals surface area contributed by atoms with Crippen LogP contribution < -0.4 is 0 Å². The van der Waals surface area contributed by atoms with E-state index in [9.17, 15) is 4.79 Å². The second-order valence-corrected chi connectivity index (χ2v) is 7.00.